The van der Waals surface area contributed by atoms with E-state index in [2.05, 4.69) is 21.2 Å². The molecule has 0 radical (unpaired) electrons. The average molecular weight is 335 g/mol. The molecule has 0 saturated carbocycles. The summed E-state index contributed by atoms with van der Waals surface area (Å²) in [5.74, 6) is -1.44. The molecule has 1 amide bonds. The van der Waals surface area contributed by atoms with Gasteiger partial charge in [-0.3, -0.25) is 4.79 Å². The Balaban J connectivity index is 2.23. The maximum atomic E-state index is 12.1. The molecule has 0 spiro atoms. The van der Waals surface area contributed by atoms with Crippen LogP contribution in [0.4, 0.5) is 11.4 Å². The maximum Gasteiger partial charge on any atom is 0.335 e. The highest BCUT2D eigenvalue weighted by atomic mass is 79.9. The molecule has 0 aromatic heterocycles. The van der Waals surface area contributed by atoms with Crippen molar-refractivity contribution >= 4 is 39.2 Å². The fourth-order valence-corrected chi connectivity index (χ4v) is 2.05. The number of benzene rings is 2. The van der Waals surface area contributed by atoms with Crippen LogP contribution in [0.25, 0.3) is 0 Å². The van der Waals surface area contributed by atoms with Crippen LogP contribution in [0.5, 0.6) is 0 Å². The first-order valence-electron chi connectivity index (χ1n) is 5.67. The van der Waals surface area contributed by atoms with Crippen LogP contribution in [-0.2, 0) is 0 Å². The van der Waals surface area contributed by atoms with E-state index in [9.17, 15) is 9.59 Å². The summed E-state index contributed by atoms with van der Waals surface area (Å²) >= 11 is 3.26. The Hall–Kier alpha value is -2.34. The van der Waals surface area contributed by atoms with E-state index in [4.69, 9.17) is 10.8 Å². The fourth-order valence-electron chi connectivity index (χ4n) is 1.67. The van der Waals surface area contributed by atoms with Gasteiger partial charge in [-0.25, -0.2) is 4.79 Å². The standard InChI is InChI=1S/C14H11BrN2O3/c15-9-4-5-11(12(16)7-9)13(18)17-10-3-1-2-8(6-10)14(19)20/h1-7H,16H2,(H,17,18)(H,19,20). The second kappa shape index (κ2) is 5.75. The lowest BCUT2D eigenvalue weighted by Gasteiger charge is -2.08. The molecule has 2 aromatic rings. The zero-order valence-corrected chi connectivity index (χ0v) is 11.8. The molecule has 102 valence electrons. The Morgan fingerprint density at radius 1 is 1.15 bits per heavy atom. The van der Waals surface area contributed by atoms with Crippen LogP contribution < -0.4 is 11.1 Å². The molecular weight excluding hydrogens is 324 g/mol. The number of hydrogen-bond acceptors (Lipinski definition) is 3. The second-order valence-corrected chi connectivity index (χ2v) is 4.99. The van der Waals surface area contributed by atoms with Gasteiger partial charge in [0, 0.05) is 15.8 Å². The number of rotatable bonds is 3. The van der Waals surface area contributed by atoms with Crippen molar-refractivity contribution in [3.05, 3.63) is 58.1 Å². The number of carbonyl (C=O) groups excluding carboxylic acids is 1. The van der Waals surface area contributed by atoms with Gasteiger partial charge in [-0.1, -0.05) is 22.0 Å². The summed E-state index contributed by atoms with van der Waals surface area (Å²) in [5.41, 5.74) is 6.94. The Morgan fingerprint density at radius 3 is 2.55 bits per heavy atom. The van der Waals surface area contributed by atoms with Crippen molar-refractivity contribution in [1.29, 1.82) is 0 Å². The highest BCUT2D eigenvalue weighted by molar-refractivity contribution is 9.10. The summed E-state index contributed by atoms with van der Waals surface area (Å²) in [6, 6.07) is 10.9. The number of aromatic carboxylic acids is 1. The third kappa shape index (κ3) is 3.16. The van der Waals surface area contributed by atoms with Gasteiger partial charge in [-0.15, -0.1) is 0 Å². The van der Waals surface area contributed by atoms with Crippen LogP contribution >= 0.6 is 15.9 Å². The number of nitrogen functional groups attached to an aromatic ring is 1. The van der Waals surface area contributed by atoms with Crippen molar-refractivity contribution in [3.63, 3.8) is 0 Å². The molecule has 4 N–H and O–H groups in total. The summed E-state index contributed by atoms with van der Waals surface area (Å²) in [6.45, 7) is 0. The fraction of sp³-hybridized carbons (Fsp3) is 0. The first-order valence-corrected chi connectivity index (χ1v) is 6.46. The summed E-state index contributed by atoms with van der Waals surface area (Å²) in [4.78, 5) is 22.9. The molecule has 0 aliphatic heterocycles. The predicted molar refractivity (Wildman–Crippen MR) is 79.9 cm³/mol. The van der Waals surface area contributed by atoms with Gasteiger partial charge < -0.3 is 16.2 Å². The van der Waals surface area contributed by atoms with Gasteiger partial charge in [0.15, 0.2) is 0 Å². The lowest BCUT2D eigenvalue weighted by molar-refractivity contribution is 0.0696. The highest BCUT2D eigenvalue weighted by Gasteiger charge is 2.11. The largest absolute Gasteiger partial charge is 0.478 e. The molecule has 0 aliphatic rings. The molecule has 0 atom stereocenters. The molecule has 2 aromatic carbocycles. The normalized spacial score (nSPS) is 10.1. The molecule has 0 heterocycles. The number of carboxylic acid groups (broad SMARTS) is 1. The van der Waals surface area contributed by atoms with Gasteiger partial charge >= 0.3 is 5.97 Å². The lowest BCUT2D eigenvalue weighted by Crippen LogP contribution is -2.14. The number of nitrogens with one attached hydrogen (secondary N) is 1. The molecule has 0 fully saturated rings. The molecule has 5 nitrogen and oxygen atoms in total. The molecule has 2 rings (SSSR count). The zero-order chi connectivity index (χ0) is 14.7. The third-order valence-electron chi connectivity index (χ3n) is 2.63. The van der Waals surface area contributed by atoms with Crippen molar-refractivity contribution in [2.45, 2.75) is 0 Å². The van der Waals surface area contributed by atoms with Crippen LogP contribution in [0.15, 0.2) is 46.9 Å². The first kappa shape index (κ1) is 14.1. The number of carboxylic acids is 1. The molecule has 0 saturated heterocycles. The minimum atomic E-state index is -1.05. The molecule has 0 bridgehead atoms. The van der Waals surface area contributed by atoms with Gasteiger partial charge in [-0.05, 0) is 36.4 Å². The molecule has 20 heavy (non-hydrogen) atoms. The van der Waals surface area contributed by atoms with Crippen molar-refractivity contribution in [3.8, 4) is 0 Å². The number of hydrogen-bond donors (Lipinski definition) is 3. The number of amides is 1. The Kier molecular flexibility index (Phi) is 4.05. The van der Waals surface area contributed by atoms with Gasteiger partial charge in [0.05, 0.1) is 11.1 Å². The van der Waals surface area contributed by atoms with E-state index in [1.807, 2.05) is 0 Å². The minimum Gasteiger partial charge on any atom is -0.478 e. The summed E-state index contributed by atoms with van der Waals surface area (Å²) in [6.07, 6.45) is 0. The summed E-state index contributed by atoms with van der Waals surface area (Å²) in [7, 11) is 0. The van der Waals surface area contributed by atoms with Crippen LogP contribution in [-0.4, -0.2) is 17.0 Å². The summed E-state index contributed by atoms with van der Waals surface area (Å²) in [5, 5.41) is 11.5. The van der Waals surface area contributed by atoms with E-state index in [0.717, 1.165) is 4.47 Å². The highest BCUT2D eigenvalue weighted by Crippen LogP contribution is 2.20. The van der Waals surface area contributed by atoms with Crippen molar-refractivity contribution in [2.24, 2.45) is 0 Å². The van der Waals surface area contributed by atoms with E-state index in [0.29, 0.717) is 16.9 Å². The Labute approximate surface area is 123 Å². The molecule has 0 aliphatic carbocycles. The van der Waals surface area contributed by atoms with E-state index in [1.165, 1.54) is 12.1 Å². The molecular formula is C14H11BrN2O3. The third-order valence-corrected chi connectivity index (χ3v) is 3.12. The number of halogens is 1. The van der Waals surface area contributed by atoms with E-state index in [-0.39, 0.29) is 5.56 Å². The first-order chi connectivity index (χ1) is 9.47. The monoisotopic (exact) mass is 334 g/mol. The maximum absolute atomic E-state index is 12.1. The number of nitrogens with two attached hydrogens (primary N) is 1. The zero-order valence-electron chi connectivity index (χ0n) is 10.3. The second-order valence-electron chi connectivity index (χ2n) is 4.07. The Morgan fingerprint density at radius 2 is 1.90 bits per heavy atom. The van der Waals surface area contributed by atoms with Gasteiger partial charge in [-0.2, -0.15) is 0 Å². The SMILES string of the molecule is Nc1cc(Br)ccc1C(=O)Nc1cccc(C(=O)O)c1. The van der Waals surface area contributed by atoms with Gasteiger partial charge in [0.1, 0.15) is 0 Å². The van der Waals surface area contributed by atoms with E-state index >= 15 is 0 Å². The molecule has 6 heteroatoms. The van der Waals surface area contributed by atoms with Gasteiger partial charge in [0.2, 0.25) is 0 Å². The van der Waals surface area contributed by atoms with Gasteiger partial charge in [0.25, 0.3) is 5.91 Å². The number of carbonyl (C=O) groups is 2. The Bertz CT molecular complexity index is 686. The van der Waals surface area contributed by atoms with Crippen LogP contribution in [0.1, 0.15) is 20.7 Å². The number of anilines is 2. The van der Waals surface area contributed by atoms with Crippen molar-refractivity contribution < 1.29 is 14.7 Å². The lowest BCUT2D eigenvalue weighted by atomic mass is 10.1. The van der Waals surface area contributed by atoms with Crippen LogP contribution in [0.2, 0.25) is 0 Å². The van der Waals surface area contributed by atoms with Crippen LogP contribution in [0, 0.1) is 0 Å². The topological polar surface area (TPSA) is 92.4 Å². The quantitative estimate of drug-likeness (QED) is 0.752. The smallest absolute Gasteiger partial charge is 0.335 e. The van der Waals surface area contributed by atoms with Crippen LogP contribution in [0.3, 0.4) is 0 Å². The van der Waals surface area contributed by atoms with E-state index < -0.39 is 11.9 Å². The van der Waals surface area contributed by atoms with Crippen molar-refractivity contribution in [2.75, 3.05) is 11.1 Å². The van der Waals surface area contributed by atoms with Crippen molar-refractivity contribution in [1.82, 2.24) is 0 Å². The average Bonchev–Trinajstić information content (AvgIpc) is 2.38. The summed E-state index contributed by atoms with van der Waals surface area (Å²) < 4.78 is 0.777. The predicted octanol–water partition coefficient (Wildman–Crippen LogP) is 2.98. The molecule has 0 unspecified atom stereocenters. The minimum absolute atomic E-state index is 0.103. The van der Waals surface area contributed by atoms with E-state index in [1.54, 1.807) is 30.3 Å².